The van der Waals surface area contributed by atoms with Crippen LogP contribution in [0.15, 0.2) is 41.6 Å². The number of hydrogen-bond acceptors (Lipinski definition) is 4. The Morgan fingerprint density at radius 1 is 1.21 bits per heavy atom. The largest absolute Gasteiger partial charge is 0.490 e. The molecule has 0 saturated carbocycles. The van der Waals surface area contributed by atoms with E-state index < -0.39 is 5.56 Å². The van der Waals surface area contributed by atoms with E-state index in [0.29, 0.717) is 5.69 Å². The number of aromatic amines is 1. The summed E-state index contributed by atoms with van der Waals surface area (Å²) >= 11 is 6.08. The highest BCUT2D eigenvalue weighted by atomic mass is 35.5. The van der Waals surface area contributed by atoms with E-state index >= 15 is 0 Å². The van der Waals surface area contributed by atoms with E-state index in [1.807, 2.05) is 35.2 Å². The summed E-state index contributed by atoms with van der Waals surface area (Å²) < 4.78 is 7.89. The minimum atomic E-state index is -0.401. The first kappa shape index (κ1) is 15.2. The zero-order valence-electron chi connectivity index (χ0n) is 13.0. The van der Waals surface area contributed by atoms with Gasteiger partial charge >= 0.3 is 0 Å². The number of aromatic nitrogens is 3. The molecular weight excluding hydrogens is 328 g/mol. The Labute approximate surface area is 143 Å². The molecular formula is C17H17ClN4O2. The molecule has 4 rings (SSSR count). The van der Waals surface area contributed by atoms with E-state index in [4.69, 9.17) is 16.3 Å². The van der Waals surface area contributed by atoms with Crippen molar-refractivity contribution >= 4 is 22.4 Å². The van der Waals surface area contributed by atoms with E-state index in [1.165, 1.54) is 6.20 Å². The zero-order chi connectivity index (χ0) is 16.5. The molecule has 3 aromatic rings. The summed E-state index contributed by atoms with van der Waals surface area (Å²) in [4.78, 5) is 11.6. The summed E-state index contributed by atoms with van der Waals surface area (Å²) in [5.74, 6) is 0.863. The highest BCUT2D eigenvalue weighted by Crippen LogP contribution is 2.26. The highest BCUT2D eigenvalue weighted by molar-refractivity contribution is 6.32. The van der Waals surface area contributed by atoms with Crippen LogP contribution in [0.25, 0.3) is 16.5 Å². The quantitative estimate of drug-likeness (QED) is 0.765. The standard InChI is InChI=1S/C17H17ClN4O2/c18-16-15(8-20-21-17(16)23)22-9-11-1-2-14(7-12(11)10-22)24-13-3-5-19-6-4-13/h1-2,7-10,13,19H,3-6H2,(H,21,23). The van der Waals surface area contributed by atoms with Gasteiger partial charge in [-0.05, 0) is 44.1 Å². The number of nitrogens with zero attached hydrogens (tertiary/aromatic N) is 2. The van der Waals surface area contributed by atoms with Crippen LogP contribution in [0.2, 0.25) is 5.02 Å². The van der Waals surface area contributed by atoms with Crippen LogP contribution in [0.5, 0.6) is 5.75 Å². The van der Waals surface area contributed by atoms with Crippen LogP contribution in [0.4, 0.5) is 0 Å². The van der Waals surface area contributed by atoms with E-state index in [1.54, 1.807) is 0 Å². The molecule has 2 N–H and O–H groups in total. The summed E-state index contributed by atoms with van der Waals surface area (Å²) in [6.45, 7) is 1.99. The van der Waals surface area contributed by atoms with Crippen molar-refractivity contribution in [3.8, 4) is 11.4 Å². The Morgan fingerprint density at radius 3 is 2.83 bits per heavy atom. The van der Waals surface area contributed by atoms with Gasteiger partial charge in [-0.3, -0.25) is 4.79 Å². The van der Waals surface area contributed by atoms with Crippen molar-refractivity contribution in [2.75, 3.05) is 13.1 Å². The normalized spacial score (nSPS) is 15.7. The molecule has 0 spiro atoms. The van der Waals surface area contributed by atoms with E-state index in [2.05, 4.69) is 15.5 Å². The Kier molecular flexibility index (Phi) is 4.00. The molecule has 1 aliphatic heterocycles. The molecule has 1 saturated heterocycles. The lowest BCUT2D eigenvalue weighted by Gasteiger charge is -2.23. The smallest absolute Gasteiger partial charge is 0.285 e. The third-order valence-electron chi connectivity index (χ3n) is 4.26. The molecule has 124 valence electrons. The molecule has 0 amide bonds. The Bertz CT molecular complexity index is 928. The molecule has 2 aromatic heterocycles. The summed E-state index contributed by atoms with van der Waals surface area (Å²) in [6, 6.07) is 6.01. The molecule has 0 atom stereocenters. The van der Waals surface area contributed by atoms with Gasteiger partial charge in [0.15, 0.2) is 0 Å². The lowest BCUT2D eigenvalue weighted by atomic mass is 10.1. The molecule has 6 nitrogen and oxygen atoms in total. The third kappa shape index (κ3) is 2.90. The van der Waals surface area contributed by atoms with Gasteiger partial charge in [-0.15, -0.1) is 0 Å². The number of halogens is 1. The fraction of sp³-hybridized carbons (Fsp3) is 0.294. The first-order chi connectivity index (χ1) is 11.7. The maximum Gasteiger partial charge on any atom is 0.285 e. The van der Waals surface area contributed by atoms with Crippen LogP contribution in [0.1, 0.15) is 12.8 Å². The SMILES string of the molecule is O=c1[nH]ncc(-n2cc3ccc(OC4CCNCC4)cc3c2)c1Cl. The van der Waals surface area contributed by atoms with Crippen molar-refractivity contribution in [2.45, 2.75) is 18.9 Å². The average molecular weight is 345 g/mol. The molecule has 0 radical (unpaired) electrons. The predicted octanol–water partition coefficient (Wildman–Crippen LogP) is 2.50. The topological polar surface area (TPSA) is 71.9 Å². The molecule has 7 heteroatoms. The van der Waals surface area contributed by atoms with Gasteiger partial charge in [-0.2, -0.15) is 5.10 Å². The van der Waals surface area contributed by atoms with E-state index in [-0.39, 0.29) is 11.1 Å². The van der Waals surface area contributed by atoms with Crippen molar-refractivity contribution in [1.82, 2.24) is 20.1 Å². The molecule has 1 aliphatic rings. The van der Waals surface area contributed by atoms with E-state index in [0.717, 1.165) is 42.5 Å². The fourth-order valence-corrected chi connectivity index (χ4v) is 3.18. The van der Waals surface area contributed by atoms with Gasteiger partial charge in [0.05, 0.1) is 11.9 Å². The Balaban J connectivity index is 1.66. The van der Waals surface area contributed by atoms with Crippen molar-refractivity contribution in [2.24, 2.45) is 0 Å². The first-order valence-corrected chi connectivity index (χ1v) is 8.31. The molecule has 1 fully saturated rings. The first-order valence-electron chi connectivity index (χ1n) is 7.93. The number of H-pyrrole nitrogens is 1. The second-order valence-electron chi connectivity index (χ2n) is 5.92. The van der Waals surface area contributed by atoms with Gasteiger partial charge in [0.1, 0.15) is 16.9 Å². The van der Waals surface area contributed by atoms with Gasteiger partial charge in [0.2, 0.25) is 0 Å². The highest BCUT2D eigenvalue weighted by Gasteiger charge is 2.15. The van der Waals surface area contributed by atoms with Crippen LogP contribution >= 0.6 is 11.6 Å². The number of rotatable bonds is 3. The second kappa shape index (κ2) is 6.30. The van der Waals surface area contributed by atoms with Crippen LogP contribution in [0.3, 0.4) is 0 Å². The van der Waals surface area contributed by atoms with Crippen molar-refractivity contribution in [3.05, 3.63) is 52.2 Å². The fourth-order valence-electron chi connectivity index (χ4n) is 2.99. The van der Waals surface area contributed by atoms with Crippen molar-refractivity contribution in [3.63, 3.8) is 0 Å². The number of piperidine rings is 1. The summed E-state index contributed by atoms with van der Waals surface area (Å²) in [5.41, 5.74) is 0.152. The molecule has 0 bridgehead atoms. The zero-order valence-corrected chi connectivity index (χ0v) is 13.7. The number of fused-ring (bicyclic) bond motifs is 1. The molecule has 24 heavy (non-hydrogen) atoms. The predicted molar refractivity (Wildman–Crippen MR) is 93.2 cm³/mol. The third-order valence-corrected chi connectivity index (χ3v) is 4.62. The van der Waals surface area contributed by atoms with Gasteiger partial charge in [-0.1, -0.05) is 11.6 Å². The molecule has 0 unspecified atom stereocenters. The van der Waals surface area contributed by atoms with Gasteiger partial charge in [0, 0.05) is 23.2 Å². The lowest BCUT2D eigenvalue weighted by Crippen LogP contribution is -2.34. The van der Waals surface area contributed by atoms with Crippen LogP contribution in [-0.2, 0) is 0 Å². The maximum absolute atomic E-state index is 11.6. The Morgan fingerprint density at radius 2 is 2.00 bits per heavy atom. The maximum atomic E-state index is 11.6. The number of hydrogen-bond donors (Lipinski definition) is 2. The van der Waals surface area contributed by atoms with Crippen molar-refractivity contribution in [1.29, 1.82) is 0 Å². The number of benzene rings is 1. The minimum absolute atomic E-state index is 0.122. The van der Waals surface area contributed by atoms with Crippen LogP contribution in [-0.4, -0.2) is 34.0 Å². The van der Waals surface area contributed by atoms with Crippen molar-refractivity contribution < 1.29 is 4.74 Å². The van der Waals surface area contributed by atoms with Crippen LogP contribution < -0.4 is 15.6 Å². The van der Waals surface area contributed by atoms with E-state index in [9.17, 15) is 4.79 Å². The summed E-state index contributed by atoms with van der Waals surface area (Å²) in [6.07, 6.45) is 7.69. The Hall–Kier alpha value is -2.31. The second-order valence-corrected chi connectivity index (χ2v) is 6.30. The summed E-state index contributed by atoms with van der Waals surface area (Å²) in [5, 5.41) is 11.7. The number of ether oxygens (including phenoxy) is 1. The van der Waals surface area contributed by atoms with Gasteiger partial charge < -0.3 is 14.6 Å². The van der Waals surface area contributed by atoms with Gasteiger partial charge in [-0.25, -0.2) is 5.10 Å². The lowest BCUT2D eigenvalue weighted by molar-refractivity contribution is 0.162. The van der Waals surface area contributed by atoms with Gasteiger partial charge in [0.25, 0.3) is 5.56 Å². The summed E-state index contributed by atoms with van der Waals surface area (Å²) in [7, 11) is 0. The number of nitrogens with one attached hydrogen (secondary N) is 2. The minimum Gasteiger partial charge on any atom is -0.490 e. The monoisotopic (exact) mass is 344 g/mol. The molecule has 3 heterocycles. The molecule has 0 aliphatic carbocycles. The van der Waals surface area contributed by atoms with Crippen LogP contribution in [0, 0.1) is 0 Å². The molecule has 1 aromatic carbocycles. The average Bonchev–Trinajstić information content (AvgIpc) is 3.01.